The van der Waals surface area contributed by atoms with Gasteiger partial charge in [0.05, 0.1) is 37.8 Å². The van der Waals surface area contributed by atoms with Crippen LogP contribution in [0.5, 0.6) is 11.5 Å². The first-order valence-electron chi connectivity index (χ1n) is 12.4. The molecule has 4 heterocycles. The minimum atomic E-state index is -4.25. The van der Waals surface area contributed by atoms with Crippen molar-refractivity contribution in [3.63, 3.8) is 0 Å². The first-order valence-corrected chi connectivity index (χ1v) is 13.9. The highest BCUT2D eigenvalue weighted by Crippen LogP contribution is 2.38. The third-order valence-corrected chi connectivity index (χ3v) is 8.31. The molecule has 5 rings (SSSR count). The van der Waals surface area contributed by atoms with Crippen molar-refractivity contribution in [1.29, 1.82) is 0 Å². The van der Waals surface area contributed by atoms with Crippen LogP contribution < -0.4 is 24.8 Å². The molecule has 1 amide bonds. The maximum absolute atomic E-state index is 13.8. The summed E-state index contributed by atoms with van der Waals surface area (Å²) in [6.07, 6.45) is 1.84. The summed E-state index contributed by atoms with van der Waals surface area (Å²) < 4.78 is 61.9. The molecule has 0 aliphatic carbocycles. The summed E-state index contributed by atoms with van der Waals surface area (Å²) in [7, 11) is -1.33. The number of rotatable bonds is 9. The highest BCUT2D eigenvalue weighted by molar-refractivity contribution is 7.93. The lowest BCUT2D eigenvalue weighted by Crippen LogP contribution is -2.51. The highest BCUT2D eigenvalue weighted by Gasteiger charge is 2.40. The van der Waals surface area contributed by atoms with Crippen molar-refractivity contribution in [2.75, 3.05) is 36.9 Å². The number of ether oxygens (including phenoxy) is 2. The Hall–Kier alpha value is -4.73. The summed E-state index contributed by atoms with van der Waals surface area (Å²) in [5.41, 5.74) is 5.90. The Labute approximate surface area is 234 Å². The van der Waals surface area contributed by atoms with E-state index in [1.807, 2.05) is 0 Å². The summed E-state index contributed by atoms with van der Waals surface area (Å²) >= 11 is 0. The lowest BCUT2D eigenvalue weighted by Gasteiger charge is -2.36. The molecule has 1 fully saturated rings. The molecule has 41 heavy (non-hydrogen) atoms. The van der Waals surface area contributed by atoms with Gasteiger partial charge >= 0.3 is 0 Å². The molecule has 2 atom stereocenters. The number of methoxy groups -OCH3 is 2. The molecule has 1 saturated heterocycles. The minimum absolute atomic E-state index is 0.0648. The smallest absolute Gasteiger partial charge is 0.243 e. The normalized spacial score (nSPS) is 17.3. The van der Waals surface area contributed by atoms with E-state index in [4.69, 9.17) is 19.6 Å². The van der Waals surface area contributed by atoms with Gasteiger partial charge in [0.15, 0.2) is 11.6 Å². The summed E-state index contributed by atoms with van der Waals surface area (Å²) in [6.45, 7) is 1.73. The first-order chi connectivity index (χ1) is 19.6. The first kappa shape index (κ1) is 27.8. The van der Waals surface area contributed by atoms with E-state index in [1.54, 1.807) is 37.3 Å². The van der Waals surface area contributed by atoms with Crippen molar-refractivity contribution in [2.24, 2.45) is 11.7 Å². The number of para-hydroxylation sites is 1. The number of carbonyl (C=O) groups excluding carboxylic acids is 1. The topological polar surface area (TPSA) is 181 Å². The summed E-state index contributed by atoms with van der Waals surface area (Å²) in [5, 5.41) is 7.19. The highest BCUT2D eigenvalue weighted by atomic mass is 32.2. The Morgan fingerprint density at radius 3 is 2.37 bits per heavy atom. The third kappa shape index (κ3) is 5.50. The molecule has 3 aromatic heterocycles. The van der Waals surface area contributed by atoms with Gasteiger partial charge in [-0.15, -0.1) is 10.2 Å². The minimum Gasteiger partial charge on any atom is -0.494 e. The van der Waals surface area contributed by atoms with Crippen LogP contribution in [0.3, 0.4) is 0 Å². The fourth-order valence-corrected chi connectivity index (χ4v) is 6.07. The largest absolute Gasteiger partial charge is 0.494 e. The SMILES string of the molecule is COc1cccc(OC)c1-n1c(NS(=O)(=O)[C@@H]2C[C@H](C(N)=O)CN(c3ncc(F)cn3)C2)nnc1-c1ccc(C)o1. The van der Waals surface area contributed by atoms with Gasteiger partial charge in [-0.05, 0) is 37.6 Å². The number of carbonyl (C=O) groups is 1. The van der Waals surface area contributed by atoms with Gasteiger partial charge < -0.3 is 24.5 Å². The number of anilines is 2. The molecule has 0 spiro atoms. The molecule has 0 unspecified atom stereocenters. The van der Waals surface area contributed by atoms with E-state index in [0.717, 1.165) is 12.4 Å². The number of hydrogen-bond acceptors (Lipinski definition) is 11. The zero-order valence-electron chi connectivity index (χ0n) is 22.3. The van der Waals surface area contributed by atoms with Crippen LogP contribution in [0.25, 0.3) is 17.3 Å². The molecule has 0 saturated carbocycles. The Kier molecular flexibility index (Phi) is 7.49. The van der Waals surface area contributed by atoms with Crippen molar-refractivity contribution in [3.8, 4) is 28.8 Å². The fourth-order valence-electron chi connectivity index (χ4n) is 4.65. The average Bonchev–Trinajstić information content (AvgIpc) is 3.57. The van der Waals surface area contributed by atoms with E-state index < -0.39 is 32.9 Å². The van der Waals surface area contributed by atoms with Crippen molar-refractivity contribution >= 4 is 27.8 Å². The third-order valence-electron chi connectivity index (χ3n) is 6.63. The molecule has 216 valence electrons. The number of piperidine rings is 1. The Morgan fingerprint density at radius 1 is 1.10 bits per heavy atom. The number of primary amides is 1. The molecule has 14 nitrogen and oxygen atoms in total. The lowest BCUT2D eigenvalue weighted by molar-refractivity contribution is -0.121. The van der Waals surface area contributed by atoms with Gasteiger partial charge in [0.1, 0.15) is 22.9 Å². The number of nitrogens with zero attached hydrogens (tertiary/aromatic N) is 6. The van der Waals surface area contributed by atoms with Crippen LogP contribution >= 0.6 is 0 Å². The predicted octanol–water partition coefficient (Wildman–Crippen LogP) is 1.90. The molecule has 3 N–H and O–H groups in total. The lowest BCUT2D eigenvalue weighted by atomic mass is 9.97. The van der Waals surface area contributed by atoms with Crippen LogP contribution in [-0.2, 0) is 14.8 Å². The molecule has 1 aromatic carbocycles. The van der Waals surface area contributed by atoms with E-state index in [2.05, 4.69) is 24.9 Å². The zero-order valence-corrected chi connectivity index (χ0v) is 23.1. The van der Waals surface area contributed by atoms with E-state index in [1.165, 1.54) is 23.7 Å². The van der Waals surface area contributed by atoms with Crippen LogP contribution in [0.15, 0.2) is 47.1 Å². The van der Waals surface area contributed by atoms with Gasteiger partial charge in [0.25, 0.3) is 0 Å². The summed E-state index contributed by atoms with van der Waals surface area (Å²) in [5.74, 6) is -0.499. The maximum Gasteiger partial charge on any atom is 0.243 e. The van der Waals surface area contributed by atoms with Crippen LogP contribution in [0.4, 0.5) is 16.3 Å². The van der Waals surface area contributed by atoms with Crippen LogP contribution in [0.2, 0.25) is 0 Å². The average molecular weight is 587 g/mol. The second-order valence-electron chi connectivity index (χ2n) is 9.31. The second kappa shape index (κ2) is 11.0. The number of furan rings is 1. The van der Waals surface area contributed by atoms with Gasteiger partial charge in [-0.25, -0.2) is 22.8 Å². The van der Waals surface area contributed by atoms with Crippen molar-refractivity contribution in [1.82, 2.24) is 24.7 Å². The van der Waals surface area contributed by atoms with Crippen molar-refractivity contribution < 1.29 is 31.5 Å². The number of sulfonamides is 1. The van der Waals surface area contributed by atoms with Crippen molar-refractivity contribution in [3.05, 3.63) is 54.3 Å². The molecule has 16 heteroatoms. The standard InChI is InChI=1S/C25H27FN8O6S/c1-14-7-8-20(40-14)23-30-31-25(34(23)21-18(38-2)5-4-6-19(21)39-3)32-41(36,37)17-9-15(22(27)35)12-33(13-17)24-28-10-16(26)11-29-24/h4-8,10-11,15,17H,9,12-13H2,1-3H3,(H2,27,35)(H,31,32)/t15-,17+/m0/s1. The number of nitrogens with one attached hydrogen (secondary N) is 1. The Balaban J connectivity index is 1.57. The number of benzene rings is 1. The van der Waals surface area contributed by atoms with Gasteiger partial charge in [-0.1, -0.05) is 6.07 Å². The van der Waals surface area contributed by atoms with Crippen molar-refractivity contribution in [2.45, 2.75) is 18.6 Å². The van der Waals surface area contributed by atoms with E-state index >= 15 is 0 Å². The number of aromatic nitrogens is 5. The maximum atomic E-state index is 13.8. The van der Waals surface area contributed by atoms with Crippen LogP contribution in [-0.4, -0.2) is 71.6 Å². The number of aryl methyl sites for hydroxylation is 1. The predicted molar refractivity (Wildman–Crippen MR) is 145 cm³/mol. The fraction of sp³-hybridized carbons (Fsp3) is 0.320. The monoisotopic (exact) mass is 586 g/mol. The quantitative estimate of drug-likeness (QED) is 0.292. The summed E-state index contributed by atoms with van der Waals surface area (Å²) in [6, 6.07) is 8.47. The summed E-state index contributed by atoms with van der Waals surface area (Å²) in [4.78, 5) is 21.5. The number of halogens is 1. The molecular weight excluding hydrogens is 559 g/mol. The number of amides is 1. The zero-order chi connectivity index (χ0) is 29.3. The van der Waals surface area contributed by atoms with E-state index in [0.29, 0.717) is 28.7 Å². The Morgan fingerprint density at radius 2 is 1.78 bits per heavy atom. The van der Waals surface area contributed by atoms with E-state index in [9.17, 15) is 17.6 Å². The molecular formula is C25H27FN8O6S. The molecule has 1 aliphatic rings. The van der Waals surface area contributed by atoms with Crippen LogP contribution in [0.1, 0.15) is 12.2 Å². The molecule has 4 aromatic rings. The molecule has 0 radical (unpaired) electrons. The van der Waals surface area contributed by atoms with Gasteiger partial charge in [-0.2, -0.15) is 0 Å². The van der Waals surface area contributed by atoms with Crippen LogP contribution in [0, 0.1) is 18.7 Å². The molecule has 0 bridgehead atoms. The number of hydrogen-bond donors (Lipinski definition) is 2. The second-order valence-corrected chi connectivity index (χ2v) is 11.3. The van der Waals surface area contributed by atoms with Gasteiger partial charge in [0.2, 0.25) is 33.7 Å². The Bertz CT molecular complexity index is 1650. The van der Waals surface area contributed by atoms with Gasteiger partial charge in [0, 0.05) is 13.1 Å². The van der Waals surface area contributed by atoms with Gasteiger partial charge in [-0.3, -0.25) is 14.1 Å². The molecule has 1 aliphatic heterocycles. The van der Waals surface area contributed by atoms with E-state index in [-0.39, 0.29) is 37.2 Å². The number of nitrogens with two attached hydrogens (primary N) is 1.